The summed E-state index contributed by atoms with van der Waals surface area (Å²) in [5.41, 5.74) is 6.85. The third-order valence-corrected chi connectivity index (χ3v) is 3.93. The fraction of sp³-hybridized carbons (Fsp3) is 0. The lowest BCUT2D eigenvalue weighted by Crippen LogP contribution is -2.11. The summed E-state index contributed by atoms with van der Waals surface area (Å²) in [4.78, 5) is 15.8. The summed E-state index contributed by atoms with van der Waals surface area (Å²) >= 11 is 0. The van der Waals surface area contributed by atoms with Crippen molar-refractivity contribution in [3.05, 3.63) is 78.5 Å². The maximum Gasteiger partial charge on any atom is 0.249 e. The first-order valence-electron chi connectivity index (χ1n) is 7.56. The van der Waals surface area contributed by atoms with Gasteiger partial charge >= 0.3 is 0 Å². The molecule has 0 aliphatic carbocycles. The van der Waals surface area contributed by atoms with Crippen LogP contribution in [0.4, 0.5) is 0 Å². The van der Waals surface area contributed by atoms with Gasteiger partial charge in [0.05, 0.1) is 5.52 Å². The van der Waals surface area contributed by atoms with E-state index in [1.54, 1.807) is 12.3 Å². The van der Waals surface area contributed by atoms with Gasteiger partial charge in [-0.3, -0.25) is 9.78 Å². The summed E-state index contributed by atoms with van der Waals surface area (Å²) in [5, 5.41) is 2.75. The molecule has 0 fully saturated rings. The number of nitrogens with two attached hydrogens (primary N) is 1. The first-order chi connectivity index (χ1) is 11.7. The molecule has 116 valence electrons. The van der Waals surface area contributed by atoms with Crippen molar-refractivity contribution in [3.63, 3.8) is 0 Å². The Labute approximate surface area is 138 Å². The van der Waals surface area contributed by atoms with Gasteiger partial charge in [-0.2, -0.15) is 0 Å². The predicted octanol–water partition coefficient (Wildman–Crippen LogP) is 4.28. The predicted molar refractivity (Wildman–Crippen MR) is 94.3 cm³/mol. The van der Waals surface area contributed by atoms with Crippen LogP contribution in [0.1, 0.15) is 10.4 Å². The highest BCUT2D eigenvalue weighted by atomic mass is 16.5. The molecule has 0 aliphatic heterocycles. The lowest BCUT2D eigenvalue weighted by atomic mass is 10.0. The summed E-state index contributed by atoms with van der Waals surface area (Å²) in [5.74, 6) is 1.00. The average Bonchev–Trinajstić information content (AvgIpc) is 2.61. The molecule has 0 saturated carbocycles. The minimum absolute atomic E-state index is 0.434. The molecule has 2 N–H and O–H groups in total. The molecule has 4 nitrogen and oxygen atoms in total. The number of pyridine rings is 1. The van der Waals surface area contributed by atoms with Gasteiger partial charge in [0.1, 0.15) is 11.5 Å². The van der Waals surface area contributed by atoms with E-state index in [0.29, 0.717) is 11.3 Å². The van der Waals surface area contributed by atoms with Crippen LogP contribution < -0.4 is 10.5 Å². The van der Waals surface area contributed by atoms with Gasteiger partial charge in [-0.15, -0.1) is 0 Å². The Hall–Kier alpha value is -3.40. The minimum atomic E-state index is -0.434. The molecule has 0 aliphatic rings. The summed E-state index contributed by atoms with van der Waals surface area (Å²) in [7, 11) is 0. The van der Waals surface area contributed by atoms with E-state index in [4.69, 9.17) is 10.5 Å². The fourth-order valence-corrected chi connectivity index (χ4v) is 2.79. The van der Waals surface area contributed by atoms with Crippen LogP contribution in [0, 0.1) is 0 Å². The van der Waals surface area contributed by atoms with Crippen molar-refractivity contribution >= 4 is 27.6 Å². The van der Waals surface area contributed by atoms with Crippen molar-refractivity contribution in [2.24, 2.45) is 5.73 Å². The topological polar surface area (TPSA) is 65.2 Å². The zero-order valence-electron chi connectivity index (χ0n) is 12.8. The number of ether oxygens (including phenoxy) is 1. The number of amides is 1. The van der Waals surface area contributed by atoms with E-state index in [-0.39, 0.29) is 0 Å². The number of rotatable bonds is 3. The van der Waals surface area contributed by atoms with E-state index in [9.17, 15) is 4.79 Å². The van der Waals surface area contributed by atoms with Crippen LogP contribution in [0.3, 0.4) is 0 Å². The van der Waals surface area contributed by atoms with Crippen molar-refractivity contribution in [2.45, 2.75) is 0 Å². The minimum Gasteiger partial charge on any atom is -0.457 e. The number of carbonyl (C=O) groups excluding carboxylic acids is 1. The second-order valence-electron chi connectivity index (χ2n) is 5.51. The Morgan fingerprint density at radius 1 is 0.875 bits per heavy atom. The molecule has 3 aromatic carbocycles. The molecule has 1 aromatic heterocycles. The highest BCUT2D eigenvalue weighted by Crippen LogP contribution is 2.28. The molecule has 4 rings (SSSR count). The standard InChI is InChI=1S/C20H14N2O2/c21-20(23)18-5-1-3-13-11-15(6-8-17(13)18)24-16-7-9-19-14(12-16)4-2-10-22-19/h1-12H,(H2,21,23). The number of benzene rings is 3. The van der Waals surface area contributed by atoms with Crippen LogP contribution >= 0.6 is 0 Å². The quantitative estimate of drug-likeness (QED) is 0.614. The highest BCUT2D eigenvalue weighted by molar-refractivity contribution is 6.06. The lowest BCUT2D eigenvalue weighted by molar-refractivity contribution is 0.100. The van der Waals surface area contributed by atoms with Crippen molar-refractivity contribution in [1.29, 1.82) is 0 Å². The molecule has 4 aromatic rings. The van der Waals surface area contributed by atoms with Crippen LogP contribution in [-0.2, 0) is 0 Å². The van der Waals surface area contributed by atoms with E-state index in [1.807, 2.05) is 60.7 Å². The highest BCUT2D eigenvalue weighted by Gasteiger charge is 2.07. The lowest BCUT2D eigenvalue weighted by Gasteiger charge is -2.09. The molecule has 0 saturated heterocycles. The maximum atomic E-state index is 11.5. The van der Waals surface area contributed by atoms with Gasteiger partial charge in [-0.05, 0) is 59.3 Å². The van der Waals surface area contributed by atoms with Gasteiger partial charge < -0.3 is 10.5 Å². The molecule has 1 heterocycles. The van der Waals surface area contributed by atoms with E-state index in [0.717, 1.165) is 27.4 Å². The zero-order valence-corrected chi connectivity index (χ0v) is 12.8. The molecule has 0 radical (unpaired) electrons. The summed E-state index contributed by atoms with van der Waals surface area (Å²) in [6.45, 7) is 0. The number of fused-ring (bicyclic) bond motifs is 2. The summed E-state index contributed by atoms with van der Waals surface area (Å²) in [6, 6.07) is 20.7. The third-order valence-electron chi connectivity index (χ3n) is 3.93. The monoisotopic (exact) mass is 314 g/mol. The zero-order chi connectivity index (χ0) is 16.5. The van der Waals surface area contributed by atoms with Gasteiger partial charge in [0.2, 0.25) is 5.91 Å². The van der Waals surface area contributed by atoms with Crippen LogP contribution in [-0.4, -0.2) is 10.9 Å². The SMILES string of the molecule is NC(=O)c1cccc2cc(Oc3ccc4ncccc4c3)ccc12. The van der Waals surface area contributed by atoms with Crippen molar-refractivity contribution in [3.8, 4) is 11.5 Å². The molecular weight excluding hydrogens is 300 g/mol. The molecule has 1 amide bonds. The van der Waals surface area contributed by atoms with Crippen molar-refractivity contribution < 1.29 is 9.53 Å². The van der Waals surface area contributed by atoms with Gasteiger partial charge in [0.15, 0.2) is 0 Å². The van der Waals surface area contributed by atoms with Gasteiger partial charge in [-0.1, -0.05) is 18.2 Å². The summed E-state index contributed by atoms with van der Waals surface area (Å²) < 4.78 is 5.95. The molecule has 24 heavy (non-hydrogen) atoms. The second kappa shape index (κ2) is 5.66. The normalized spacial score (nSPS) is 10.8. The number of carbonyl (C=O) groups is 1. The third kappa shape index (κ3) is 2.54. The van der Waals surface area contributed by atoms with E-state index in [1.165, 1.54) is 0 Å². The molecule has 0 bridgehead atoms. The van der Waals surface area contributed by atoms with Crippen molar-refractivity contribution in [2.75, 3.05) is 0 Å². The number of hydrogen-bond donors (Lipinski definition) is 1. The molecule has 4 heteroatoms. The fourth-order valence-electron chi connectivity index (χ4n) is 2.79. The van der Waals surface area contributed by atoms with Crippen LogP contribution in [0.15, 0.2) is 72.9 Å². The molecule has 0 atom stereocenters. The Morgan fingerprint density at radius 2 is 1.62 bits per heavy atom. The van der Waals surface area contributed by atoms with Crippen LogP contribution in [0.25, 0.3) is 21.7 Å². The number of aromatic nitrogens is 1. The average molecular weight is 314 g/mol. The Morgan fingerprint density at radius 3 is 2.46 bits per heavy atom. The smallest absolute Gasteiger partial charge is 0.249 e. The Bertz CT molecular complexity index is 1070. The second-order valence-corrected chi connectivity index (χ2v) is 5.51. The molecule has 0 spiro atoms. The molecular formula is C20H14N2O2. The van der Waals surface area contributed by atoms with Crippen LogP contribution in [0.2, 0.25) is 0 Å². The van der Waals surface area contributed by atoms with Gasteiger partial charge in [-0.25, -0.2) is 0 Å². The first kappa shape index (κ1) is 14.2. The van der Waals surface area contributed by atoms with Gasteiger partial charge in [0.25, 0.3) is 0 Å². The van der Waals surface area contributed by atoms with E-state index >= 15 is 0 Å². The molecule has 0 unspecified atom stereocenters. The van der Waals surface area contributed by atoms with Gasteiger partial charge in [0, 0.05) is 17.1 Å². The maximum absolute atomic E-state index is 11.5. The summed E-state index contributed by atoms with van der Waals surface area (Å²) in [6.07, 6.45) is 1.77. The van der Waals surface area contributed by atoms with E-state index in [2.05, 4.69) is 4.98 Å². The Balaban J connectivity index is 1.72. The van der Waals surface area contributed by atoms with Crippen LogP contribution in [0.5, 0.6) is 11.5 Å². The van der Waals surface area contributed by atoms with E-state index < -0.39 is 5.91 Å². The van der Waals surface area contributed by atoms with Crippen molar-refractivity contribution in [1.82, 2.24) is 4.98 Å². The largest absolute Gasteiger partial charge is 0.457 e. The number of hydrogen-bond acceptors (Lipinski definition) is 3. The number of nitrogens with zero attached hydrogens (tertiary/aromatic N) is 1. The Kier molecular flexibility index (Phi) is 3.35. The first-order valence-corrected chi connectivity index (χ1v) is 7.56. The number of primary amides is 1.